The second kappa shape index (κ2) is 13.6. The van der Waals surface area contributed by atoms with Crippen molar-refractivity contribution < 1.29 is 13.6 Å². The predicted octanol–water partition coefficient (Wildman–Crippen LogP) is 8.95. The van der Waals surface area contributed by atoms with Gasteiger partial charge in [0.05, 0.1) is 11.0 Å². The first-order valence-corrected chi connectivity index (χ1v) is 17.4. The molecule has 4 nitrogen and oxygen atoms in total. The molecule has 1 atom stereocenters. The number of imidazole rings is 1. The molecule has 0 saturated carbocycles. The average molecular weight is 582 g/mol. The molecule has 38 heavy (non-hydrogen) atoms. The van der Waals surface area contributed by atoms with Crippen LogP contribution in [0.5, 0.6) is 0 Å². The molecule has 1 unspecified atom stereocenters. The Morgan fingerprint density at radius 1 is 1.05 bits per heavy atom. The molecule has 0 fully saturated rings. The van der Waals surface area contributed by atoms with Crippen LogP contribution in [-0.2, 0) is 19.0 Å². The molecule has 1 aromatic heterocycles. The number of amides is 1. The fraction of sp³-hybridized carbons (Fsp3) is 0.517. The number of unbranched alkanes of at least 4 members (excludes halogenated alkanes) is 2. The molecule has 0 radical (unpaired) electrons. The summed E-state index contributed by atoms with van der Waals surface area (Å²) in [6.45, 7) is 8.12. The number of benzene rings is 2. The van der Waals surface area contributed by atoms with E-state index in [1.54, 1.807) is 22.8 Å². The highest BCUT2D eigenvalue weighted by Gasteiger charge is 2.32. The number of alkyl halides is 2. The molecule has 0 aliphatic carbocycles. The Hall–Kier alpha value is -1.71. The Morgan fingerprint density at radius 2 is 1.76 bits per heavy atom. The molecule has 0 spiro atoms. The van der Waals surface area contributed by atoms with Crippen LogP contribution in [0.15, 0.2) is 47.4 Å². The number of hydrogen-bond donors (Lipinski definition) is 3. The van der Waals surface area contributed by atoms with Gasteiger partial charge in [-0.1, -0.05) is 58.6 Å². The lowest BCUT2D eigenvalue weighted by Crippen LogP contribution is -2.22. The van der Waals surface area contributed by atoms with Gasteiger partial charge in [0.15, 0.2) is 5.82 Å². The van der Waals surface area contributed by atoms with Gasteiger partial charge in [-0.05, 0) is 60.4 Å². The summed E-state index contributed by atoms with van der Waals surface area (Å²) in [7, 11) is -1.40. The molecule has 0 aliphatic rings. The number of carbonyl (C=O) groups excluding carboxylic acids is 1. The molecule has 3 aromatic rings. The molecule has 9 heteroatoms. The molecule has 0 bridgehead atoms. The quantitative estimate of drug-likeness (QED) is 0.101. The molecular weight excluding hydrogens is 541 g/mol. The van der Waals surface area contributed by atoms with E-state index in [-0.39, 0.29) is 11.7 Å². The van der Waals surface area contributed by atoms with Crippen molar-refractivity contribution in [3.63, 3.8) is 0 Å². The lowest BCUT2D eigenvalue weighted by Gasteiger charge is -2.27. The van der Waals surface area contributed by atoms with Gasteiger partial charge in [-0.25, -0.2) is 4.98 Å². The van der Waals surface area contributed by atoms with E-state index in [4.69, 9.17) is 0 Å². The highest BCUT2D eigenvalue weighted by atomic mass is 33.5. The molecule has 1 amide bonds. The van der Waals surface area contributed by atoms with E-state index in [1.165, 1.54) is 0 Å². The number of carbonyl (C=O) groups is 1. The minimum atomic E-state index is -3.08. The number of rotatable bonds is 14. The van der Waals surface area contributed by atoms with E-state index in [9.17, 15) is 13.6 Å². The molecule has 0 saturated heterocycles. The van der Waals surface area contributed by atoms with Gasteiger partial charge in [0.2, 0.25) is 0 Å². The number of nitrogens with zero attached hydrogens (tertiary/aromatic N) is 2. The summed E-state index contributed by atoms with van der Waals surface area (Å²) in [5, 5.41) is 2.93. The molecule has 210 valence electrons. The van der Waals surface area contributed by atoms with E-state index in [1.807, 2.05) is 24.3 Å². The van der Waals surface area contributed by atoms with Gasteiger partial charge in [-0.2, -0.15) is 8.78 Å². The molecule has 3 rings (SSSR count). The monoisotopic (exact) mass is 581 g/mol. The van der Waals surface area contributed by atoms with E-state index >= 15 is 0 Å². The smallest absolute Gasteiger partial charge is 0.302 e. The van der Waals surface area contributed by atoms with Gasteiger partial charge >= 0.3 is 5.92 Å². The third kappa shape index (κ3) is 7.92. The molecule has 0 aliphatic heterocycles. The highest BCUT2D eigenvalue weighted by molar-refractivity contribution is 9.17. The van der Waals surface area contributed by atoms with Crippen molar-refractivity contribution in [3.05, 3.63) is 59.4 Å². The van der Waals surface area contributed by atoms with Crippen LogP contribution in [0.3, 0.4) is 0 Å². The number of fused-ring (bicyclic) bond motifs is 1. The topological polar surface area (TPSA) is 46.9 Å². The summed E-state index contributed by atoms with van der Waals surface area (Å²) in [5.41, 5.74) is 2.42. The zero-order valence-electron chi connectivity index (χ0n) is 22.8. The minimum Gasteiger partial charge on any atom is -0.348 e. The maximum atomic E-state index is 14.6. The Kier molecular flexibility index (Phi) is 11.0. The summed E-state index contributed by atoms with van der Waals surface area (Å²) < 4.78 is 30.9. The number of nitrogens with one attached hydrogen (secondary N) is 1. The molecule has 1 heterocycles. The van der Waals surface area contributed by atoms with Crippen molar-refractivity contribution in [3.8, 4) is 0 Å². The van der Waals surface area contributed by atoms with Gasteiger partial charge in [-0.15, -0.1) is 31.4 Å². The van der Waals surface area contributed by atoms with Crippen molar-refractivity contribution in [1.29, 1.82) is 0 Å². The standard InChI is InChI=1S/C29H41F2N3OS3/c1-5-8-9-11-22(10-6-2)20-34-26-17-14-23(18-25(26)33-28(34)29(4,30)31)27(35)32-19-21-12-15-24(16-13-21)38(36,37)7-3/h12-18,22,36-37H,5-11,19-20H2,1-4H3,(H,32,35). The Balaban J connectivity index is 1.79. The van der Waals surface area contributed by atoms with Gasteiger partial charge < -0.3 is 9.88 Å². The van der Waals surface area contributed by atoms with Gasteiger partial charge in [0.25, 0.3) is 5.91 Å². The first kappa shape index (κ1) is 30.8. The first-order chi connectivity index (χ1) is 18.0. The third-order valence-electron chi connectivity index (χ3n) is 6.91. The number of hydrogen-bond acceptors (Lipinski definition) is 4. The number of thiol groups is 2. The van der Waals surface area contributed by atoms with Crippen LogP contribution in [0.25, 0.3) is 11.0 Å². The maximum Gasteiger partial charge on any atom is 0.302 e. The lowest BCUT2D eigenvalue weighted by atomic mass is 9.96. The summed E-state index contributed by atoms with van der Waals surface area (Å²) in [6, 6.07) is 13.0. The van der Waals surface area contributed by atoms with Crippen molar-refractivity contribution >= 4 is 48.4 Å². The maximum absolute atomic E-state index is 14.6. The van der Waals surface area contributed by atoms with Crippen molar-refractivity contribution in [2.75, 3.05) is 5.75 Å². The van der Waals surface area contributed by atoms with Crippen molar-refractivity contribution in [2.24, 2.45) is 5.92 Å². The predicted molar refractivity (Wildman–Crippen MR) is 164 cm³/mol. The van der Waals surface area contributed by atoms with Crippen LogP contribution in [0.1, 0.15) is 88.0 Å². The van der Waals surface area contributed by atoms with E-state index in [2.05, 4.69) is 54.4 Å². The fourth-order valence-corrected chi connectivity index (χ4v) is 6.38. The van der Waals surface area contributed by atoms with Crippen LogP contribution >= 0.6 is 31.4 Å². The van der Waals surface area contributed by atoms with Crippen molar-refractivity contribution in [2.45, 2.75) is 90.1 Å². The van der Waals surface area contributed by atoms with E-state index < -0.39 is 14.0 Å². The highest BCUT2D eigenvalue weighted by Crippen LogP contribution is 2.63. The summed E-state index contributed by atoms with van der Waals surface area (Å²) in [4.78, 5) is 18.3. The zero-order valence-corrected chi connectivity index (χ0v) is 25.4. The largest absolute Gasteiger partial charge is 0.348 e. The van der Waals surface area contributed by atoms with Crippen molar-refractivity contribution in [1.82, 2.24) is 14.9 Å². The molecule has 1 N–H and O–H groups in total. The second-order valence-corrected chi connectivity index (χ2v) is 17.1. The lowest BCUT2D eigenvalue weighted by molar-refractivity contribution is 0.00377. The van der Waals surface area contributed by atoms with E-state index in [0.29, 0.717) is 35.6 Å². The summed E-state index contributed by atoms with van der Waals surface area (Å²) in [6.07, 6.45) is 6.39. The van der Waals surface area contributed by atoms with Crippen LogP contribution < -0.4 is 5.32 Å². The summed E-state index contributed by atoms with van der Waals surface area (Å²) in [5.74, 6) is -2.41. The fourth-order valence-electron chi connectivity index (χ4n) is 4.74. The van der Waals surface area contributed by atoms with Gasteiger partial charge in [-0.3, -0.25) is 4.79 Å². The Labute approximate surface area is 237 Å². The molecular formula is C29H41F2N3OS3. The van der Waals surface area contributed by atoms with Crippen LogP contribution in [-0.4, -0.2) is 21.2 Å². The second-order valence-electron chi connectivity index (χ2n) is 10.1. The first-order valence-electron chi connectivity index (χ1n) is 13.5. The average Bonchev–Trinajstić information content (AvgIpc) is 3.26. The Bertz CT molecular complexity index is 1210. The minimum absolute atomic E-state index is 0.236. The Morgan fingerprint density at radius 3 is 2.37 bits per heavy atom. The van der Waals surface area contributed by atoms with Crippen LogP contribution in [0.4, 0.5) is 8.78 Å². The SMILES string of the molecule is CCCCCC(CCC)Cn1c(C(C)(F)F)nc2cc(C(=O)NCc3ccc(S(S)(S)CC)cc3)ccc21. The van der Waals surface area contributed by atoms with Gasteiger partial charge in [0.1, 0.15) is 0 Å². The number of aromatic nitrogens is 2. The van der Waals surface area contributed by atoms with E-state index in [0.717, 1.165) is 61.7 Å². The van der Waals surface area contributed by atoms with Crippen LogP contribution in [0, 0.1) is 5.92 Å². The summed E-state index contributed by atoms with van der Waals surface area (Å²) >= 11 is 9.34. The zero-order chi connectivity index (χ0) is 27.9. The third-order valence-corrected chi connectivity index (χ3v) is 11.6. The van der Waals surface area contributed by atoms with Crippen LogP contribution in [0.2, 0.25) is 0 Å². The number of halogens is 2. The normalized spacial score (nSPS) is 13.6. The molecule has 2 aromatic carbocycles. The van der Waals surface area contributed by atoms with Gasteiger partial charge in [0, 0.05) is 30.5 Å².